The lowest BCUT2D eigenvalue weighted by Gasteiger charge is -2.14. The summed E-state index contributed by atoms with van der Waals surface area (Å²) in [6.45, 7) is 3.19. The summed E-state index contributed by atoms with van der Waals surface area (Å²) in [4.78, 5) is 6.18. The van der Waals surface area contributed by atoms with Crippen LogP contribution >= 0.6 is 23.8 Å². The van der Waals surface area contributed by atoms with Gasteiger partial charge in [-0.15, -0.1) is 21.1 Å². The summed E-state index contributed by atoms with van der Waals surface area (Å²) in [5.74, 6) is 6.39. The highest BCUT2D eigenvalue weighted by Crippen LogP contribution is 2.32. The van der Waals surface area contributed by atoms with Gasteiger partial charge in [-0.05, 0) is 55.1 Å². The number of nitrogens with one attached hydrogen (secondary N) is 1. The first kappa shape index (κ1) is 20.1. The molecule has 0 bridgehead atoms. The molecule has 2 rings (SSSR count). The van der Waals surface area contributed by atoms with Crippen molar-refractivity contribution in [2.75, 3.05) is 19.4 Å². The van der Waals surface area contributed by atoms with Gasteiger partial charge in [-0.1, -0.05) is 0 Å². The second-order valence-electron chi connectivity index (χ2n) is 5.15. The maximum absolute atomic E-state index is 8.95. The Bertz CT molecular complexity index is 686. The molecule has 0 saturated carbocycles. The molecule has 0 atom stereocenters. The Kier molecular flexibility index (Phi) is 8.56. The molecule has 2 aromatic carbocycles. The van der Waals surface area contributed by atoms with E-state index in [0.717, 1.165) is 34.0 Å². The van der Waals surface area contributed by atoms with Crippen molar-refractivity contribution in [2.24, 2.45) is 5.90 Å². The summed E-state index contributed by atoms with van der Waals surface area (Å²) in [7, 11) is 0. The summed E-state index contributed by atoms with van der Waals surface area (Å²) in [6, 6.07) is 11.7. The zero-order valence-corrected chi connectivity index (χ0v) is 15.8. The highest BCUT2D eigenvalue weighted by Gasteiger charge is 2.09. The molecule has 0 heterocycles. The van der Waals surface area contributed by atoms with Crippen LogP contribution in [0.25, 0.3) is 0 Å². The first-order valence-electron chi connectivity index (χ1n) is 7.65. The molecule has 6 nitrogen and oxygen atoms in total. The van der Waals surface area contributed by atoms with E-state index >= 15 is 0 Å². The standard InChI is InChI=1S/C17H22N2O4S2/c1-12-9-14(3-6-17(12)24-2)21-16-5-4-15(25-23-22-18)10-13(16)11-19-7-8-20/h3-6,9-10,19-20H,7-8,11,18H2,1-2H3. The fourth-order valence-electron chi connectivity index (χ4n) is 2.25. The predicted octanol–water partition coefficient (Wildman–Crippen LogP) is 3.42. The average molecular weight is 383 g/mol. The number of ether oxygens (including phenoxy) is 1. The lowest BCUT2D eigenvalue weighted by molar-refractivity contribution is -0.195. The number of nitrogens with two attached hydrogens (primary N) is 1. The summed E-state index contributed by atoms with van der Waals surface area (Å²) >= 11 is 2.72. The quantitative estimate of drug-likeness (QED) is 0.189. The molecule has 0 aliphatic carbocycles. The van der Waals surface area contributed by atoms with Crippen LogP contribution in [0.2, 0.25) is 0 Å². The largest absolute Gasteiger partial charge is 0.457 e. The molecule has 0 amide bonds. The SMILES string of the molecule is CSc1ccc(Oc2ccc(SOON)cc2CNCCO)cc1C. The minimum absolute atomic E-state index is 0.0735. The Morgan fingerprint density at radius 1 is 1.20 bits per heavy atom. The number of benzene rings is 2. The first-order chi connectivity index (χ1) is 12.2. The van der Waals surface area contributed by atoms with E-state index in [1.54, 1.807) is 11.8 Å². The van der Waals surface area contributed by atoms with E-state index in [2.05, 4.69) is 29.6 Å². The van der Waals surface area contributed by atoms with Gasteiger partial charge in [-0.2, -0.15) is 5.90 Å². The van der Waals surface area contributed by atoms with E-state index in [0.29, 0.717) is 13.1 Å². The number of rotatable bonds is 10. The Hall–Kier alpha value is -1.26. The normalized spacial score (nSPS) is 10.9. The monoisotopic (exact) mass is 382 g/mol. The molecule has 0 aliphatic heterocycles. The predicted molar refractivity (Wildman–Crippen MR) is 100 cm³/mol. The molecule has 0 aromatic heterocycles. The van der Waals surface area contributed by atoms with Crippen LogP contribution < -0.4 is 16.0 Å². The molecule has 136 valence electrons. The van der Waals surface area contributed by atoms with Crippen molar-refractivity contribution in [3.63, 3.8) is 0 Å². The van der Waals surface area contributed by atoms with Crippen LogP contribution in [-0.4, -0.2) is 24.5 Å². The van der Waals surface area contributed by atoms with E-state index < -0.39 is 0 Å². The zero-order valence-electron chi connectivity index (χ0n) is 14.2. The lowest BCUT2D eigenvalue weighted by atomic mass is 10.2. The van der Waals surface area contributed by atoms with Crippen molar-refractivity contribution in [2.45, 2.75) is 23.3 Å². The molecule has 0 aliphatic rings. The van der Waals surface area contributed by atoms with Gasteiger partial charge in [-0.25, -0.2) is 0 Å². The molecule has 0 spiro atoms. The molecule has 4 N–H and O–H groups in total. The van der Waals surface area contributed by atoms with Gasteiger partial charge in [0.25, 0.3) is 0 Å². The molecule has 25 heavy (non-hydrogen) atoms. The molecule has 0 unspecified atom stereocenters. The fraction of sp³-hybridized carbons (Fsp3) is 0.294. The summed E-state index contributed by atoms with van der Waals surface area (Å²) < 4.78 is 10.8. The van der Waals surface area contributed by atoms with Crippen LogP contribution in [0.4, 0.5) is 0 Å². The third-order valence-corrected chi connectivity index (χ3v) is 4.89. The van der Waals surface area contributed by atoms with Crippen molar-refractivity contribution in [3.05, 3.63) is 47.5 Å². The van der Waals surface area contributed by atoms with Gasteiger partial charge >= 0.3 is 0 Å². The Balaban J connectivity index is 2.20. The second-order valence-corrected chi connectivity index (χ2v) is 6.77. The van der Waals surface area contributed by atoms with Crippen LogP contribution in [0.3, 0.4) is 0 Å². The smallest absolute Gasteiger partial charge is 0.131 e. The van der Waals surface area contributed by atoms with Crippen LogP contribution in [0.5, 0.6) is 11.5 Å². The van der Waals surface area contributed by atoms with Crippen molar-refractivity contribution < 1.29 is 19.2 Å². The molecule has 2 aromatic rings. The topological polar surface area (TPSA) is 86.0 Å². The van der Waals surface area contributed by atoms with Crippen molar-refractivity contribution in [1.29, 1.82) is 0 Å². The maximum atomic E-state index is 8.95. The first-order valence-corrected chi connectivity index (χ1v) is 9.61. The zero-order chi connectivity index (χ0) is 18.1. The van der Waals surface area contributed by atoms with Gasteiger partial charge in [0.15, 0.2) is 0 Å². The van der Waals surface area contributed by atoms with Crippen LogP contribution in [0.1, 0.15) is 11.1 Å². The highest BCUT2D eigenvalue weighted by atomic mass is 32.2. The third-order valence-electron chi connectivity index (χ3n) is 3.40. The maximum Gasteiger partial charge on any atom is 0.131 e. The van der Waals surface area contributed by atoms with E-state index in [1.807, 2.05) is 30.3 Å². The number of hydrogen-bond donors (Lipinski definition) is 3. The average Bonchev–Trinajstić information content (AvgIpc) is 2.62. The van der Waals surface area contributed by atoms with E-state index in [1.165, 1.54) is 10.5 Å². The van der Waals surface area contributed by atoms with Crippen LogP contribution in [0.15, 0.2) is 46.2 Å². The lowest BCUT2D eigenvalue weighted by Crippen LogP contribution is -2.17. The van der Waals surface area contributed by atoms with Gasteiger partial charge in [-0.3, -0.25) is 0 Å². The van der Waals surface area contributed by atoms with Crippen molar-refractivity contribution >= 4 is 23.8 Å². The fourth-order valence-corrected chi connectivity index (χ4v) is 3.26. The number of aliphatic hydroxyl groups excluding tert-OH is 1. The highest BCUT2D eigenvalue weighted by molar-refractivity contribution is 7.98. The van der Waals surface area contributed by atoms with Gasteiger partial charge < -0.3 is 15.2 Å². The molecule has 0 radical (unpaired) electrons. The van der Waals surface area contributed by atoms with Crippen molar-refractivity contribution in [1.82, 2.24) is 5.32 Å². The molecule has 8 heteroatoms. The summed E-state index contributed by atoms with van der Waals surface area (Å²) in [5, 5.41) is 12.1. The summed E-state index contributed by atoms with van der Waals surface area (Å²) in [6.07, 6.45) is 2.05. The molecule has 0 fully saturated rings. The van der Waals surface area contributed by atoms with E-state index in [4.69, 9.17) is 20.1 Å². The number of aryl methyl sites for hydroxylation is 1. The minimum atomic E-state index is 0.0735. The van der Waals surface area contributed by atoms with Gasteiger partial charge in [0, 0.05) is 28.4 Å². The Morgan fingerprint density at radius 3 is 2.72 bits per heavy atom. The van der Waals surface area contributed by atoms with E-state index in [-0.39, 0.29) is 6.61 Å². The number of hydrogen-bond acceptors (Lipinski definition) is 8. The summed E-state index contributed by atoms with van der Waals surface area (Å²) in [5.41, 5.74) is 2.11. The van der Waals surface area contributed by atoms with Gasteiger partial charge in [0.05, 0.1) is 18.6 Å². The Morgan fingerprint density at radius 2 is 2.04 bits per heavy atom. The van der Waals surface area contributed by atoms with Crippen LogP contribution in [0, 0.1) is 6.92 Å². The number of aliphatic hydroxyl groups is 1. The van der Waals surface area contributed by atoms with Crippen molar-refractivity contribution in [3.8, 4) is 11.5 Å². The molecule has 0 saturated heterocycles. The number of thioether (sulfide) groups is 1. The van der Waals surface area contributed by atoms with Gasteiger partial charge in [0.1, 0.15) is 11.5 Å². The third kappa shape index (κ3) is 6.19. The second kappa shape index (κ2) is 10.7. The minimum Gasteiger partial charge on any atom is -0.457 e. The van der Waals surface area contributed by atoms with E-state index in [9.17, 15) is 0 Å². The van der Waals surface area contributed by atoms with Crippen LogP contribution in [-0.2, 0) is 15.9 Å². The molecular formula is C17H22N2O4S2. The van der Waals surface area contributed by atoms with Gasteiger partial charge in [0.2, 0.25) is 0 Å². The Labute approximate surface area is 156 Å². The molecular weight excluding hydrogens is 360 g/mol.